The fourth-order valence-corrected chi connectivity index (χ4v) is 3.16. The maximum Gasteiger partial charge on any atom is 0.382 e. The molecule has 10 heteroatoms. The Bertz CT molecular complexity index is 967. The van der Waals surface area contributed by atoms with Gasteiger partial charge in [0.25, 0.3) is 0 Å². The molecular formula is C21H26O10. The topological polar surface area (TPSA) is 159 Å². The Hall–Kier alpha value is -2.63. The number of fused-ring (bicyclic) bond motifs is 1. The van der Waals surface area contributed by atoms with Gasteiger partial charge in [0.2, 0.25) is 12.0 Å². The molecule has 31 heavy (non-hydrogen) atoms. The van der Waals surface area contributed by atoms with E-state index in [1.54, 1.807) is 6.07 Å². The Labute approximate surface area is 177 Å². The van der Waals surface area contributed by atoms with Gasteiger partial charge in [0.15, 0.2) is 5.75 Å². The number of hydrogen-bond acceptors (Lipinski definition) is 10. The van der Waals surface area contributed by atoms with Gasteiger partial charge in [-0.05, 0) is 25.0 Å². The number of rotatable bonds is 8. The molecule has 1 aliphatic heterocycles. The minimum absolute atomic E-state index is 0.0593. The van der Waals surface area contributed by atoms with Crippen molar-refractivity contribution in [3.05, 3.63) is 40.8 Å². The first-order valence-corrected chi connectivity index (χ1v) is 9.92. The molecule has 1 aliphatic rings. The van der Waals surface area contributed by atoms with Crippen LogP contribution in [0.15, 0.2) is 39.6 Å². The molecule has 170 valence electrons. The zero-order valence-electron chi connectivity index (χ0n) is 16.9. The zero-order chi connectivity index (χ0) is 22.5. The van der Waals surface area contributed by atoms with Crippen LogP contribution in [0.2, 0.25) is 0 Å². The Kier molecular flexibility index (Phi) is 7.52. The Morgan fingerprint density at radius 3 is 2.61 bits per heavy atom. The van der Waals surface area contributed by atoms with Gasteiger partial charge in [0.05, 0.1) is 18.6 Å². The molecule has 0 spiro atoms. The highest BCUT2D eigenvalue weighted by atomic mass is 16.7. The standard InChI is InChI=1S/C21H26O10/c1-2-3-4-5-8-28-11-6-7-12-13(9-11)29-20(27)18(26)19(12)31-21-17(25)16(24)15(23)14(10-22)30-21/h3-4,6-7,9,14-17,21-26H,2,5,8,10H2,1H3/b4-3+/t14-,15-,16+,17-,21+/m1/s1. The second-order valence-corrected chi connectivity index (χ2v) is 7.06. The number of aliphatic hydroxyl groups excluding tert-OH is 4. The van der Waals surface area contributed by atoms with Crippen molar-refractivity contribution in [3.8, 4) is 17.2 Å². The average molecular weight is 438 g/mol. The fraction of sp³-hybridized carbons (Fsp3) is 0.476. The van der Waals surface area contributed by atoms with E-state index in [1.807, 2.05) is 19.1 Å². The number of allylic oxidation sites excluding steroid dienone is 1. The summed E-state index contributed by atoms with van der Waals surface area (Å²) in [6.07, 6.45) is -2.09. The largest absolute Gasteiger partial charge is 0.499 e. The quantitative estimate of drug-likeness (QED) is 0.222. The van der Waals surface area contributed by atoms with Crippen molar-refractivity contribution in [1.29, 1.82) is 0 Å². The van der Waals surface area contributed by atoms with Crippen LogP contribution in [-0.2, 0) is 4.74 Å². The van der Waals surface area contributed by atoms with E-state index >= 15 is 0 Å². The highest BCUT2D eigenvalue weighted by Crippen LogP contribution is 2.36. The lowest BCUT2D eigenvalue weighted by atomic mass is 9.99. The third-order valence-corrected chi connectivity index (χ3v) is 4.85. The molecule has 1 fully saturated rings. The summed E-state index contributed by atoms with van der Waals surface area (Å²) >= 11 is 0. The van der Waals surface area contributed by atoms with Crippen LogP contribution in [0.1, 0.15) is 19.8 Å². The minimum atomic E-state index is -1.71. The van der Waals surface area contributed by atoms with Gasteiger partial charge in [-0.1, -0.05) is 19.1 Å². The molecule has 2 aromatic rings. The second-order valence-electron chi connectivity index (χ2n) is 7.06. The van der Waals surface area contributed by atoms with Gasteiger partial charge in [-0.25, -0.2) is 4.79 Å². The molecule has 0 radical (unpaired) electrons. The van der Waals surface area contributed by atoms with Gasteiger partial charge >= 0.3 is 5.63 Å². The van der Waals surface area contributed by atoms with Crippen molar-refractivity contribution in [1.82, 2.24) is 0 Å². The van der Waals surface area contributed by atoms with E-state index in [1.165, 1.54) is 12.1 Å². The van der Waals surface area contributed by atoms with Crippen molar-refractivity contribution in [2.45, 2.75) is 50.5 Å². The molecule has 0 aliphatic carbocycles. The maximum atomic E-state index is 12.1. The van der Waals surface area contributed by atoms with E-state index in [2.05, 4.69) is 0 Å². The molecule has 0 bridgehead atoms. The molecule has 10 nitrogen and oxygen atoms in total. The predicted octanol–water partition coefficient (Wildman–Crippen LogP) is 0.412. The number of ether oxygens (including phenoxy) is 3. The van der Waals surface area contributed by atoms with Gasteiger partial charge in [0.1, 0.15) is 35.7 Å². The van der Waals surface area contributed by atoms with Crippen LogP contribution in [0.3, 0.4) is 0 Å². The van der Waals surface area contributed by atoms with Crippen LogP contribution >= 0.6 is 0 Å². The Morgan fingerprint density at radius 1 is 1.13 bits per heavy atom. The summed E-state index contributed by atoms with van der Waals surface area (Å²) in [7, 11) is 0. The second kappa shape index (κ2) is 10.1. The highest BCUT2D eigenvalue weighted by Gasteiger charge is 2.45. The van der Waals surface area contributed by atoms with Crippen LogP contribution in [0.4, 0.5) is 0 Å². The van der Waals surface area contributed by atoms with Gasteiger partial charge < -0.3 is 44.2 Å². The fourth-order valence-electron chi connectivity index (χ4n) is 3.16. The van der Waals surface area contributed by atoms with Crippen molar-refractivity contribution in [3.63, 3.8) is 0 Å². The summed E-state index contributed by atoms with van der Waals surface area (Å²) in [6, 6.07) is 4.54. The normalized spacial score (nSPS) is 26.4. The lowest BCUT2D eigenvalue weighted by Gasteiger charge is -2.39. The first-order valence-electron chi connectivity index (χ1n) is 9.92. The minimum Gasteiger partial charge on any atom is -0.499 e. The first kappa shape index (κ1) is 23.0. The summed E-state index contributed by atoms with van der Waals surface area (Å²) < 4.78 is 21.5. The van der Waals surface area contributed by atoms with E-state index in [0.717, 1.165) is 6.42 Å². The molecule has 0 unspecified atom stereocenters. The average Bonchev–Trinajstić information content (AvgIpc) is 2.76. The summed E-state index contributed by atoms with van der Waals surface area (Å²) in [5.41, 5.74) is -1.03. The monoisotopic (exact) mass is 438 g/mol. The molecule has 1 aromatic carbocycles. The molecular weight excluding hydrogens is 412 g/mol. The van der Waals surface area contributed by atoms with E-state index < -0.39 is 48.7 Å². The van der Waals surface area contributed by atoms with E-state index in [-0.39, 0.29) is 16.7 Å². The number of hydrogen-bond donors (Lipinski definition) is 5. The summed E-state index contributed by atoms with van der Waals surface area (Å²) in [4.78, 5) is 12.1. The van der Waals surface area contributed by atoms with Crippen LogP contribution in [0, 0.1) is 0 Å². The van der Waals surface area contributed by atoms with E-state index in [0.29, 0.717) is 18.8 Å². The van der Waals surface area contributed by atoms with Gasteiger partial charge in [-0.15, -0.1) is 0 Å². The third-order valence-electron chi connectivity index (χ3n) is 4.85. The molecule has 0 saturated carbocycles. The molecule has 0 amide bonds. The van der Waals surface area contributed by atoms with Crippen molar-refractivity contribution < 1.29 is 44.2 Å². The Morgan fingerprint density at radius 2 is 1.90 bits per heavy atom. The van der Waals surface area contributed by atoms with Gasteiger partial charge in [0, 0.05) is 6.07 Å². The van der Waals surface area contributed by atoms with Crippen LogP contribution in [-0.4, -0.2) is 69.5 Å². The summed E-state index contributed by atoms with van der Waals surface area (Å²) in [5, 5.41) is 49.6. The van der Waals surface area contributed by atoms with E-state index in [9.17, 15) is 30.3 Å². The van der Waals surface area contributed by atoms with Crippen LogP contribution in [0.25, 0.3) is 11.0 Å². The summed E-state index contributed by atoms with van der Waals surface area (Å²) in [5.74, 6) is -0.763. The predicted molar refractivity (Wildman–Crippen MR) is 108 cm³/mol. The molecule has 1 saturated heterocycles. The zero-order valence-corrected chi connectivity index (χ0v) is 16.9. The third kappa shape index (κ3) is 5.00. The number of aromatic hydroxyl groups is 1. The molecule has 5 atom stereocenters. The molecule has 5 N–H and O–H groups in total. The molecule has 1 aromatic heterocycles. The molecule has 3 rings (SSSR count). The van der Waals surface area contributed by atoms with Crippen molar-refractivity contribution in [2.75, 3.05) is 13.2 Å². The highest BCUT2D eigenvalue weighted by molar-refractivity contribution is 5.86. The lowest BCUT2D eigenvalue weighted by molar-refractivity contribution is -0.277. The smallest absolute Gasteiger partial charge is 0.382 e. The van der Waals surface area contributed by atoms with Crippen LogP contribution in [0.5, 0.6) is 17.2 Å². The van der Waals surface area contributed by atoms with Crippen LogP contribution < -0.4 is 15.1 Å². The first-order chi connectivity index (χ1) is 14.9. The van der Waals surface area contributed by atoms with Crippen molar-refractivity contribution >= 4 is 11.0 Å². The Balaban J connectivity index is 1.87. The van der Waals surface area contributed by atoms with Gasteiger partial charge in [-0.3, -0.25) is 0 Å². The van der Waals surface area contributed by atoms with Crippen molar-refractivity contribution in [2.24, 2.45) is 0 Å². The lowest BCUT2D eigenvalue weighted by Crippen LogP contribution is -2.60. The maximum absolute atomic E-state index is 12.1. The number of benzene rings is 1. The molecule has 2 heterocycles. The summed E-state index contributed by atoms with van der Waals surface area (Å²) in [6.45, 7) is 1.79. The number of aliphatic hydroxyl groups is 4. The SMILES string of the molecule is CC/C=C/CCOc1ccc2c(O[C@@H]3O[C@H](CO)[C@@H](O)[C@H](O)[C@H]3O)c(O)c(=O)oc2c1. The van der Waals surface area contributed by atoms with Gasteiger partial charge in [-0.2, -0.15) is 0 Å². The van der Waals surface area contributed by atoms with E-state index in [4.69, 9.17) is 18.6 Å².